The van der Waals surface area contributed by atoms with E-state index in [2.05, 4.69) is 24.1 Å². The average molecular weight is 252 g/mol. The summed E-state index contributed by atoms with van der Waals surface area (Å²) in [5.74, 6) is 0. The van der Waals surface area contributed by atoms with Gasteiger partial charge in [0.1, 0.15) is 0 Å². The molecular weight excluding hydrogens is 224 g/mol. The van der Waals surface area contributed by atoms with Crippen molar-refractivity contribution in [3.8, 4) is 0 Å². The summed E-state index contributed by atoms with van der Waals surface area (Å²) in [5.41, 5.74) is 0.776. The van der Waals surface area contributed by atoms with E-state index in [-0.39, 0.29) is 0 Å². The second-order valence-electron chi connectivity index (χ2n) is 7.18. The van der Waals surface area contributed by atoms with Crippen LogP contribution in [-0.4, -0.2) is 49.3 Å². The molecule has 3 nitrogen and oxygen atoms in total. The topological polar surface area (TPSA) is 24.5 Å². The van der Waals surface area contributed by atoms with Gasteiger partial charge in [0.15, 0.2) is 0 Å². The van der Waals surface area contributed by atoms with Gasteiger partial charge in [0.05, 0.1) is 6.10 Å². The van der Waals surface area contributed by atoms with Crippen molar-refractivity contribution >= 4 is 0 Å². The third-order valence-electron chi connectivity index (χ3n) is 5.82. The van der Waals surface area contributed by atoms with Crippen LogP contribution in [0.1, 0.15) is 46.0 Å². The fourth-order valence-corrected chi connectivity index (χ4v) is 4.53. The molecule has 2 unspecified atom stereocenters. The summed E-state index contributed by atoms with van der Waals surface area (Å²) < 4.78 is 5.60. The minimum atomic E-state index is 0.325. The van der Waals surface area contributed by atoms with Crippen molar-refractivity contribution in [2.24, 2.45) is 5.41 Å². The Balaban J connectivity index is 1.67. The van der Waals surface area contributed by atoms with E-state index >= 15 is 0 Å². The Labute approximate surface area is 111 Å². The minimum absolute atomic E-state index is 0.325. The summed E-state index contributed by atoms with van der Waals surface area (Å²) in [6, 6.07) is 0.724. The molecular formula is C15H28N2O. The van der Waals surface area contributed by atoms with Gasteiger partial charge < -0.3 is 10.1 Å². The molecule has 1 N–H and O–H groups in total. The van der Waals surface area contributed by atoms with Crippen LogP contribution < -0.4 is 5.32 Å². The van der Waals surface area contributed by atoms with Crippen molar-refractivity contribution in [3.63, 3.8) is 0 Å². The van der Waals surface area contributed by atoms with Gasteiger partial charge in [-0.2, -0.15) is 0 Å². The quantitative estimate of drug-likeness (QED) is 0.814. The molecule has 3 fully saturated rings. The van der Waals surface area contributed by atoms with E-state index in [1.165, 1.54) is 51.7 Å². The fourth-order valence-electron chi connectivity index (χ4n) is 4.53. The maximum Gasteiger partial charge on any atom is 0.0652 e. The van der Waals surface area contributed by atoms with Crippen LogP contribution in [0, 0.1) is 5.41 Å². The predicted molar refractivity (Wildman–Crippen MR) is 73.8 cm³/mol. The molecule has 0 radical (unpaired) electrons. The smallest absolute Gasteiger partial charge is 0.0652 e. The van der Waals surface area contributed by atoms with Crippen LogP contribution in [0.3, 0.4) is 0 Å². The molecule has 1 saturated heterocycles. The SMILES string of the molecule is COC1CC(N2CCNC3(CCCC3)C2)C1(C)C. The van der Waals surface area contributed by atoms with E-state index in [4.69, 9.17) is 4.74 Å². The molecule has 104 valence electrons. The molecule has 2 aliphatic carbocycles. The van der Waals surface area contributed by atoms with Crippen LogP contribution in [0.2, 0.25) is 0 Å². The highest BCUT2D eigenvalue weighted by atomic mass is 16.5. The molecule has 3 rings (SSSR count). The standard InChI is InChI=1S/C15H28N2O/c1-14(2)12(10-13(14)18-3)17-9-8-16-15(11-17)6-4-5-7-15/h12-13,16H,4-11H2,1-3H3. The van der Waals surface area contributed by atoms with Gasteiger partial charge in [-0.3, -0.25) is 4.90 Å². The molecule has 2 saturated carbocycles. The lowest BCUT2D eigenvalue weighted by Gasteiger charge is -2.58. The zero-order valence-corrected chi connectivity index (χ0v) is 12.2. The summed E-state index contributed by atoms with van der Waals surface area (Å²) in [5, 5.41) is 3.81. The number of hydrogen-bond acceptors (Lipinski definition) is 3. The van der Waals surface area contributed by atoms with Gasteiger partial charge in [0, 0.05) is 43.7 Å². The largest absolute Gasteiger partial charge is 0.381 e. The minimum Gasteiger partial charge on any atom is -0.381 e. The Morgan fingerprint density at radius 2 is 1.94 bits per heavy atom. The van der Waals surface area contributed by atoms with Gasteiger partial charge in [-0.25, -0.2) is 0 Å². The zero-order chi connectivity index (χ0) is 12.8. The van der Waals surface area contributed by atoms with E-state index in [1.54, 1.807) is 0 Å². The second-order valence-corrected chi connectivity index (χ2v) is 7.18. The third kappa shape index (κ3) is 1.91. The first kappa shape index (κ1) is 12.9. The first-order chi connectivity index (χ1) is 8.57. The monoisotopic (exact) mass is 252 g/mol. The normalized spacial score (nSPS) is 38.8. The highest BCUT2D eigenvalue weighted by Gasteiger charge is 2.53. The maximum atomic E-state index is 5.60. The van der Waals surface area contributed by atoms with Crippen molar-refractivity contribution in [3.05, 3.63) is 0 Å². The first-order valence-electron chi connectivity index (χ1n) is 7.59. The zero-order valence-electron chi connectivity index (χ0n) is 12.2. The number of methoxy groups -OCH3 is 1. The molecule has 0 aromatic rings. The predicted octanol–water partition coefficient (Wildman–Crippen LogP) is 2.02. The lowest BCUT2D eigenvalue weighted by Crippen LogP contribution is -2.68. The Kier molecular flexibility index (Phi) is 3.20. The summed E-state index contributed by atoms with van der Waals surface area (Å²) in [6.45, 7) is 8.39. The van der Waals surface area contributed by atoms with Crippen LogP contribution >= 0.6 is 0 Å². The molecule has 18 heavy (non-hydrogen) atoms. The summed E-state index contributed by atoms with van der Waals surface area (Å²) in [7, 11) is 1.86. The highest BCUT2D eigenvalue weighted by molar-refractivity contribution is 5.07. The number of hydrogen-bond donors (Lipinski definition) is 1. The first-order valence-corrected chi connectivity index (χ1v) is 7.59. The highest BCUT2D eigenvalue weighted by Crippen LogP contribution is 2.47. The Morgan fingerprint density at radius 3 is 2.56 bits per heavy atom. The van der Waals surface area contributed by atoms with E-state index in [0.29, 0.717) is 17.1 Å². The molecule has 2 atom stereocenters. The maximum absolute atomic E-state index is 5.60. The van der Waals surface area contributed by atoms with Crippen LogP contribution in [0.25, 0.3) is 0 Å². The second kappa shape index (κ2) is 4.46. The molecule has 1 heterocycles. The van der Waals surface area contributed by atoms with Crippen molar-refractivity contribution in [2.45, 2.75) is 63.6 Å². The number of nitrogens with one attached hydrogen (secondary N) is 1. The van der Waals surface area contributed by atoms with Gasteiger partial charge in [-0.05, 0) is 19.3 Å². The summed E-state index contributed by atoms with van der Waals surface area (Å²) in [6.07, 6.45) is 7.26. The van der Waals surface area contributed by atoms with Crippen molar-refractivity contribution in [1.82, 2.24) is 10.2 Å². The van der Waals surface area contributed by atoms with Crippen molar-refractivity contribution in [2.75, 3.05) is 26.7 Å². The molecule has 0 aromatic carbocycles. The van der Waals surface area contributed by atoms with Gasteiger partial charge >= 0.3 is 0 Å². The lowest BCUT2D eigenvalue weighted by molar-refractivity contribution is -0.145. The van der Waals surface area contributed by atoms with E-state index in [0.717, 1.165) is 6.04 Å². The van der Waals surface area contributed by atoms with Crippen LogP contribution in [0.4, 0.5) is 0 Å². The summed E-state index contributed by atoms with van der Waals surface area (Å²) in [4.78, 5) is 2.75. The number of nitrogens with zero attached hydrogens (tertiary/aromatic N) is 1. The molecule has 3 heteroatoms. The molecule has 1 aliphatic heterocycles. The molecule has 0 aromatic heterocycles. The van der Waals surface area contributed by atoms with Crippen LogP contribution in [0.5, 0.6) is 0 Å². The number of piperazine rings is 1. The average Bonchev–Trinajstić information content (AvgIpc) is 2.76. The van der Waals surface area contributed by atoms with E-state index < -0.39 is 0 Å². The van der Waals surface area contributed by atoms with Gasteiger partial charge in [-0.15, -0.1) is 0 Å². The number of rotatable bonds is 2. The lowest BCUT2D eigenvalue weighted by atomic mass is 9.63. The Hall–Kier alpha value is -0.120. The molecule has 1 spiro atoms. The van der Waals surface area contributed by atoms with Gasteiger partial charge in [0.25, 0.3) is 0 Å². The van der Waals surface area contributed by atoms with E-state index in [1.807, 2.05) is 7.11 Å². The summed E-state index contributed by atoms with van der Waals surface area (Å²) >= 11 is 0. The van der Waals surface area contributed by atoms with Gasteiger partial charge in [-0.1, -0.05) is 26.7 Å². The molecule has 3 aliphatic rings. The van der Waals surface area contributed by atoms with Crippen molar-refractivity contribution < 1.29 is 4.74 Å². The Morgan fingerprint density at radius 1 is 1.22 bits per heavy atom. The van der Waals surface area contributed by atoms with Crippen LogP contribution in [-0.2, 0) is 4.74 Å². The van der Waals surface area contributed by atoms with E-state index in [9.17, 15) is 0 Å². The van der Waals surface area contributed by atoms with Crippen LogP contribution in [0.15, 0.2) is 0 Å². The fraction of sp³-hybridized carbons (Fsp3) is 1.00. The third-order valence-corrected chi connectivity index (χ3v) is 5.82. The van der Waals surface area contributed by atoms with Gasteiger partial charge in [0.2, 0.25) is 0 Å². The molecule has 0 bridgehead atoms. The number of ether oxygens (including phenoxy) is 1. The molecule has 0 amide bonds. The Bertz CT molecular complexity index is 310. The van der Waals surface area contributed by atoms with Crippen molar-refractivity contribution in [1.29, 1.82) is 0 Å².